The van der Waals surface area contributed by atoms with Gasteiger partial charge in [-0.05, 0) is 49.6 Å². The van der Waals surface area contributed by atoms with Crippen molar-refractivity contribution in [3.05, 3.63) is 47.0 Å². The fourth-order valence-electron chi connectivity index (χ4n) is 2.94. The Bertz CT molecular complexity index is 739. The van der Waals surface area contributed by atoms with Gasteiger partial charge in [0.25, 0.3) is 0 Å². The molecule has 3 rings (SSSR count). The zero-order chi connectivity index (χ0) is 18.4. The van der Waals surface area contributed by atoms with Crippen LogP contribution in [-0.2, 0) is 6.42 Å². The molecule has 0 radical (unpaired) electrons. The highest BCUT2D eigenvalue weighted by atomic mass is 35.5. The predicted molar refractivity (Wildman–Crippen MR) is 105 cm³/mol. The molecular weight excluding hydrogens is 352 g/mol. The third-order valence-corrected chi connectivity index (χ3v) is 4.75. The van der Waals surface area contributed by atoms with Gasteiger partial charge >= 0.3 is 0 Å². The minimum absolute atomic E-state index is 0.187. The van der Waals surface area contributed by atoms with Gasteiger partial charge in [-0.15, -0.1) is 0 Å². The fourth-order valence-corrected chi connectivity index (χ4v) is 3.06. The molecule has 140 valence electrons. The Labute approximate surface area is 159 Å². The highest BCUT2D eigenvalue weighted by Gasteiger charge is 2.19. The number of ether oxygens (including phenoxy) is 3. The molecular formula is C20H25ClN2O3. The maximum atomic E-state index is 6.07. The molecule has 1 unspecified atom stereocenters. The van der Waals surface area contributed by atoms with Crippen LogP contribution in [0.5, 0.6) is 17.2 Å². The van der Waals surface area contributed by atoms with E-state index in [4.69, 9.17) is 31.5 Å². The molecule has 0 saturated carbocycles. The first-order chi connectivity index (χ1) is 12.7. The lowest BCUT2D eigenvalue weighted by molar-refractivity contribution is 0.169. The van der Waals surface area contributed by atoms with E-state index >= 15 is 0 Å². The van der Waals surface area contributed by atoms with E-state index in [0.29, 0.717) is 17.3 Å². The molecule has 1 aliphatic rings. The van der Waals surface area contributed by atoms with Crippen molar-refractivity contribution in [1.29, 1.82) is 0 Å². The van der Waals surface area contributed by atoms with E-state index in [9.17, 15) is 0 Å². The molecule has 2 aromatic carbocycles. The monoisotopic (exact) mass is 376 g/mol. The van der Waals surface area contributed by atoms with E-state index in [-0.39, 0.29) is 6.10 Å². The molecule has 0 bridgehead atoms. The number of rotatable bonds is 8. The summed E-state index contributed by atoms with van der Waals surface area (Å²) in [6, 6.07) is 11.4. The number of halogens is 1. The summed E-state index contributed by atoms with van der Waals surface area (Å²) in [5.74, 6) is 2.51. The van der Waals surface area contributed by atoms with Gasteiger partial charge in [-0.1, -0.05) is 17.7 Å². The number of nitrogens with one attached hydrogen (secondary N) is 1. The van der Waals surface area contributed by atoms with Crippen molar-refractivity contribution in [3.8, 4) is 17.2 Å². The number of hydrogen-bond donors (Lipinski definition) is 2. The summed E-state index contributed by atoms with van der Waals surface area (Å²) in [5.41, 5.74) is 7.54. The van der Waals surface area contributed by atoms with Gasteiger partial charge in [0.05, 0.1) is 24.4 Å². The average Bonchev–Trinajstić information content (AvgIpc) is 2.66. The van der Waals surface area contributed by atoms with Gasteiger partial charge in [0, 0.05) is 18.7 Å². The number of aryl methyl sites for hydroxylation is 1. The van der Waals surface area contributed by atoms with Crippen LogP contribution in [0.3, 0.4) is 0 Å². The number of nitrogen functional groups attached to an aromatic ring is 1. The Morgan fingerprint density at radius 1 is 1.23 bits per heavy atom. The molecule has 0 fully saturated rings. The second-order valence-electron chi connectivity index (χ2n) is 6.34. The zero-order valence-electron chi connectivity index (χ0n) is 15.0. The summed E-state index contributed by atoms with van der Waals surface area (Å²) in [6.45, 7) is 2.32. The van der Waals surface area contributed by atoms with E-state index in [1.54, 1.807) is 19.2 Å². The van der Waals surface area contributed by atoms with Crippen molar-refractivity contribution in [1.82, 2.24) is 5.32 Å². The molecule has 26 heavy (non-hydrogen) atoms. The molecule has 6 heteroatoms. The Balaban J connectivity index is 1.34. The van der Waals surface area contributed by atoms with E-state index in [2.05, 4.69) is 11.4 Å². The maximum absolute atomic E-state index is 6.07. The summed E-state index contributed by atoms with van der Waals surface area (Å²) in [6.07, 6.45) is 3.14. The number of methoxy groups -OCH3 is 1. The molecule has 0 amide bonds. The molecule has 2 aromatic rings. The summed E-state index contributed by atoms with van der Waals surface area (Å²) in [4.78, 5) is 0. The van der Waals surface area contributed by atoms with Gasteiger partial charge in [0.15, 0.2) is 0 Å². The van der Waals surface area contributed by atoms with E-state index in [1.807, 2.05) is 18.2 Å². The zero-order valence-corrected chi connectivity index (χ0v) is 15.7. The second-order valence-corrected chi connectivity index (χ2v) is 6.75. The lowest BCUT2D eigenvalue weighted by Gasteiger charge is -2.26. The first-order valence-corrected chi connectivity index (χ1v) is 9.25. The molecule has 0 aromatic heterocycles. The molecule has 0 spiro atoms. The van der Waals surface area contributed by atoms with Crippen LogP contribution in [0.1, 0.15) is 18.4 Å². The normalized spacial score (nSPS) is 15.8. The van der Waals surface area contributed by atoms with Crippen LogP contribution in [0.2, 0.25) is 5.02 Å². The van der Waals surface area contributed by atoms with Gasteiger partial charge in [-0.3, -0.25) is 0 Å². The summed E-state index contributed by atoms with van der Waals surface area (Å²) in [5, 5.41) is 3.99. The van der Waals surface area contributed by atoms with E-state index in [0.717, 1.165) is 49.6 Å². The van der Waals surface area contributed by atoms with Crippen molar-refractivity contribution in [2.24, 2.45) is 0 Å². The largest absolute Gasteiger partial charge is 0.497 e. The van der Waals surface area contributed by atoms with Crippen LogP contribution in [-0.4, -0.2) is 32.9 Å². The SMILES string of the molecule is COc1ccc2c(c1)OC(CNCCCOc1ccc(Cl)c(N)c1)CC2. The quantitative estimate of drug-likeness (QED) is 0.543. The lowest BCUT2D eigenvalue weighted by Crippen LogP contribution is -2.35. The Hall–Kier alpha value is -2.11. The number of nitrogens with two attached hydrogens (primary N) is 1. The minimum Gasteiger partial charge on any atom is -0.497 e. The maximum Gasteiger partial charge on any atom is 0.126 e. The van der Waals surface area contributed by atoms with E-state index in [1.165, 1.54) is 5.56 Å². The van der Waals surface area contributed by atoms with Crippen molar-refractivity contribution >= 4 is 17.3 Å². The van der Waals surface area contributed by atoms with Crippen LogP contribution in [0.15, 0.2) is 36.4 Å². The van der Waals surface area contributed by atoms with Gasteiger partial charge in [-0.2, -0.15) is 0 Å². The highest BCUT2D eigenvalue weighted by molar-refractivity contribution is 6.33. The summed E-state index contributed by atoms with van der Waals surface area (Å²) in [7, 11) is 1.67. The van der Waals surface area contributed by atoms with Crippen LogP contribution in [0.25, 0.3) is 0 Å². The number of benzene rings is 2. The van der Waals surface area contributed by atoms with Gasteiger partial charge in [0.2, 0.25) is 0 Å². The van der Waals surface area contributed by atoms with Gasteiger partial charge < -0.3 is 25.3 Å². The second kappa shape index (κ2) is 9.01. The lowest BCUT2D eigenvalue weighted by atomic mass is 10.0. The Kier molecular flexibility index (Phi) is 6.47. The Morgan fingerprint density at radius 2 is 2.08 bits per heavy atom. The molecule has 1 aliphatic heterocycles. The highest BCUT2D eigenvalue weighted by Crippen LogP contribution is 2.31. The van der Waals surface area contributed by atoms with Crippen LogP contribution in [0, 0.1) is 0 Å². The third-order valence-electron chi connectivity index (χ3n) is 4.41. The molecule has 1 heterocycles. The molecule has 1 atom stereocenters. The van der Waals surface area contributed by atoms with Crippen molar-refractivity contribution in [2.45, 2.75) is 25.4 Å². The van der Waals surface area contributed by atoms with Gasteiger partial charge in [0.1, 0.15) is 23.4 Å². The van der Waals surface area contributed by atoms with Crippen molar-refractivity contribution < 1.29 is 14.2 Å². The van der Waals surface area contributed by atoms with Crippen molar-refractivity contribution in [2.75, 3.05) is 32.5 Å². The predicted octanol–water partition coefficient (Wildman–Crippen LogP) is 3.68. The standard InChI is InChI=1S/C20H25ClN2O3/c1-24-15-5-3-14-4-6-17(26-20(14)12-15)13-23-9-2-10-25-16-7-8-18(21)19(22)11-16/h3,5,7-8,11-12,17,23H,2,4,6,9-10,13,22H2,1H3. The van der Waals surface area contributed by atoms with E-state index < -0.39 is 0 Å². The fraction of sp³-hybridized carbons (Fsp3) is 0.400. The smallest absolute Gasteiger partial charge is 0.126 e. The van der Waals surface area contributed by atoms with Crippen molar-refractivity contribution in [3.63, 3.8) is 0 Å². The summed E-state index contributed by atoms with van der Waals surface area (Å²) >= 11 is 5.90. The molecule has 5 nitrogen and oxygen atoms in total. The Morgan fingerprint density at radius 3 is 2.88 bits per heavy atom. The van der Waals surface area contributed by atoms with Crippen LogP contribution >= 0.6 is 11.6 Å². The van der Waals surface area contributed by atoms with Gasteiger partial charge in [-0.25, -0.2) is 0 Å². The third kappa shape index (κ3) is 4.96. The summed E-state index contributed by atoms with van der Waals surface area (Å²) < 4.78 is 17.0. The molecule has 0 saturated heterocycles. The molecule has 0 aliphatic carbocycles. The first-order valence-electron chi connectivity index (χ1n) is 8.88. The number of hydrogen-bond acceptors (Lipinski definition) is 5. The van der Waals surface area contributed by atoms with Crippen LogP contribution < -0.4 is 25.3 Å². The average molecular weight is 377 g/mol. The topological polar surface area (TPSA) is 65.7 Å². The van der Waals surface area contributed by atoms with Crippen LogP contribution in [0.4, 0.5) is 5.69 Å². The minimum atomic E-state index is 0.187. The number of fused-ring (bicyclic) bond motifs is 1. The number of anilines is 1. The molecule has 3 N–H and O–H groups in total. The first kappa shape index (κ1) is 18.7.